The number of hydrogen-bond donors (Lipinski definition) is 0. The molecule has 0 bridgehead atoms. The number of aromatic nitrogens is 1. The zero-order valence-electron chi connectivity index (χ0n) is 11.0. The lowest BCUT2D eigenvalue weighted by Gasteiger charge is -2.07. The van der Waals surface area contributed by atoms with Gasteiger partial charge < -0.3 is 4.57 Å². The molecule has 0 fully saturated rings. The first kappa shape index (κ1) is 11.6. The number of fused-ring (bicyclic) bond motifs is 1. The van der Waals surface area contributed by atoms with Gasteiger partial charge in [-0.3, -0.25) is 0 Å². The molecule has 0 aliphatic heterocycles. The first-order valence-corrected chi connectivity index (χ1v) is 6.26. The van der Waals surface area contributed by atoms with E-state index >= 15 is 0 Å². The molecule has 0 radical (unpaired) electrons. The second-order valence-electron chi connectivity index (χ2n) is 4.79. The Hall–Kier alpha value is -2.53. The fraction of sp³-hybridized carbons (Fsp3) is 0.118. The predicted octanol–water partition coefficient (Wildman–Crippen LogP) is 4.03. The lowest BCUT2D eigenvalue weighted by atomic mass is 10.1. The Morgan fingerprint density at radius 1 is 1.05 bits per heavy atom. The van der Waals surface area contributed by atoms with Crippen molar-refractivity contribution in [3.8, 4) is 17.3 Å². The second-order valence-corrected chi connectivity index (χ2v) is 4.79. The third-order valence-corrected chi connectivity index (χ3v) is 3.59. The highest BCUT2D eigenvalue weighted by atomic mass is 14.9. The Morgan fingerprint density at radius 2 is 1.84 bits per heavy atom. The Morgan fingerprint density at radius 3 is 2.58 bits per heavy atom. The lowest BCUT2D eigenvalue weighted by molar-refractivity contribution is 0.976. The van der Waals surface area contributed by atoms with Gasteiger partial charge in [-0.2, -0.15) is 5.26 Å². The summed E-state index contributed by atoms with van der Waals surface area (Å²) in [7, 11) is 2.07. The molecular formula is C17H14N2. The molecule has 0 saturated carbocycles. The minimum Gasteiger partial charge on any atom is -0.344 e. The first-order chi connectivity index (χ1) is 9.20. The van der Waals surface area contributed by atoms with Crippen molar-refractivity contribution in [2.24, 2.45) is 7.05 Å². The summed E-state index contributed by atoms with van der Waals surface area (Å²) in [6.07, 6.45) is 0. The largest absolute Gasteiger partial charge is 0.344 e. The highest BCUT2D eigenvalue weighted by Crippen LogP contribution is 2.29. The van der Waals surface area contributed by atoms with E-state index in [0.717, 1.165) is 10.9 Å². The SMILES string of the molecule is Cc1ccccc1-c1cc2cc(C#N)ccc2n1C. The zero-order chi connectivity index (χ0) is 13.4. The molecule has 0 saturated heterocycles. The van der Waals surface area contributed by atoms with Gasteiger partial charge in [0.15, 0.2) is 0 Å². The highest BCUT2D eigenvalue weighted by molar-refractivity contribution is 5.88. The smallest absolute Gasteiger partial charge is 0.0991 e. The summed E-state index contributed by atoms with van der Waals surface area (Å²) >= 11 is 0. The monoisotopic (exact) mass is 246 g/mol. The average molecular weight is 246 g/mol. The maximum absolute atomic E-state index is 8.98. The fourth-order valence-electron chi connectivity index (χ4n) is 2.54. The number of rotatable bonds is 1. The van der Waals surface area contributed by atoms with Crippen LogP contribution in [0.25, 0.3) is 22.2 Å². The fourth-order valence-corrected chi connectivity index (χ4v) is 2.54. The van der Waals surface area contributed by atoms with E-state index in [-0.39, 0.29) is 0 Å². The Kier molecular flexibility index (Phi) is 2.61. The van der Waals surface area contributed by atoms with Crippen molar-refractivity contribution in [1.29, 1.82) is 5.26 Å². The molecule has 0 amide bonds. The summed E-state index contributed by atoms with van der Waals surface area (Å²) in [6.45, 7) is 2.12. The lowest BCUT2D eigenvalue weighted by Crippen LogP contribution is -1.92. The maximum atomic E-state index is 8.98. The quantitative estimate of drug-likeness (QED) is 0.637. The zero-order valence-corrected chi connectivity index (χ0v) is 11.0. The second kappa shape index (κ2) is 4.29. The molecule has 0 unspecified atom stereocenters. The van der Waals surface area contributed by atoms with Crippen molar-refractivity contribution < 1.29 is 0 Å². The molecule has 0 aliphatic carbocycles. The van der Waals surface area contributed by atoms with E-state index < -0.39 is 0 Å². The van der Waals surface area contributed by atoms with Gasteiger partial charge in [0.1, 0.15) is 0 Å². The van der Waals surface area contributed by atoms with Crippen LogP contribution in [0.5, 0.6) is 0 Å². The Labute approximate surface area is 112 Å². The van der Waals surface area contributed by atoms with Crippen LogP contribution in [0.1, 0.15) is 11.1 Å². The van der Waals surface area contributed by atoms with E-state index in [1.807, 2.05) is 18.2 Å². The molecule has 0 spiro atoms. The van der Waals surface area contributed by atoms with Gasteiger partial charge in [0.25, 0.3) is 0 Å². The van der Waals surface area contributed by atoms with Gasteiger partial charge in [-0.1, -0.05) is 24.3 Å². The van der Waals surface area contributed by atoms with Crippen molar-refractivity contribution in [1.82, 2.24) is 4.57 Å². The molecule has 19 heavy (non-hydrogen) atoms. The van der Waals surface area contributed by atoms with E-state index in [1.165, 1.54) is 16.8 Å². The van der Waals surface area contributed by atoms with Crippen LogP contribution in [0.15, 0.2) is 48.5 Å². The van der Waals surface area contributed by atoms with Crippen LogP contribution < -0.4 is 0 Å². The van der Waals surface area contributed by atoms with E-state index in [2.05, 4.69) is 54.9 Å². The molecule has 2 nitrogen and oxygen atoms in total. The van der Waals surface area contributed by atoms with Crippen LogP contribution in [-0.4, -0.2) is 4.57 Å². The van der Waals surface area contributed by atoms with Crippen molar-refractivity contribution >= 4 is 10.9 Å². The van der Waals surface area contributed by atoms with Crippen molar-refractivity contribution in [2.75, 3.05) is 0 Å². The molecule has 1 aromatic heterocycles. The number of nitrogens with zero attached hydrogens (tertiary/aromatic N) is 2. The third kappa shape index (κ3) is 1.80. The molecule has 2 heteroatoms. The normalized spacial score (nSPS) is 10.6. The molecule has 1 heterocycles. The number of nitriles is 1. The molecule has 0 N–H and O–H groups in total. The van der Waals surface area contributed by atoms with Gasteiger partial charge in [0.05, 0.1) is 11.6 Å². The summed E-state index contributed by atoms with van der Waals surface area (Å²) in [4.78, 5) is 0. The number of benzene rings is 2. The average Bonchev–Trinajstić information content (AvgIpc) is 2.76. The van der Waals surface area contributed by atoms with Crippen molar-refractivity contribution in [2.45, 2.75) is 6.92 Å². The standard InChI is InChI=1S/C17H14N2/c1-12-5-3-4-6-15(12)17-10-14-9-13(11-18)7-8-16(14)19(17)2/h3-10H,1-2H3. The summed E-state index contributed by atoms with van der Waals surface area (Å²) < 4.78 is 2.18. The molecule has 3 aromatic rings. The van der Waals surface area contributed by atoms with Gasteiger partial charge in [0.2, 0.25) is 0 Å². The Balaban J connectivity index is 2.29. The molecule has 0 atom stereocenters. The van der Waals surface area contributed by atoms with Crippen LogP contribution in [0.4, 0.5) is 0 Å². The maximum Gasteiger partial charge on any atom is 0.0991 e. The van der Waals surface area contributed by atoms with E-state index in [1.54, 1.807) is 0 Å². The van der Waals surface area contributed by atoms with E-state index in [9.17, 15) is 0 Å². The van der Waals surface area contributed by atoms with Gasteiger partial charge >= 0.3 is 0 Å². The van der Waals surface area contributed by atoms with Crippen LogP contribution in [0.2, 0.25) is 0 Å². The van der Waals surface area contributed by atoms with Gasteiger partial charge in [-0.15, -0.1) is 0 Å². The van der Waals surface area contributed by atoms with E-state index in [4.69, 9.17) is 5.26 Å². The van der Waals surface area contributed by atoms with E-state index in [0.29, 0.717) is 5.56 Å². The summed E-state index contributed by atoms with van der Waals surface area (Å²) in [6, 6.07) is 18.5. The Bertz CT molecular complexity index is 804. The first-order valence-electron chi connectivity index (χ1n) is 6.26. The summed E-state index contributed by atoms with van der Waals surface area (Å²) in [5.41, 5.74) is 5.53. The third-order valence-electron chi connectivity index (χ3n) is 3.59. The molecular weight excluding hydrogens is 232 g/mol. The molecule has 2 aromatic carbocycles. The van der Waals surface area contributed by atoms with Crippen molar-refractivity contribution in [3.05, 3.63) is 59.7 Å². The van der Waals surface area contributed by atoms with Crippen LogP contribution >= 0.6 is 0 Å². The molecule has 0 aliphatic rings. The van der Waals surface area contributed by atoms with Gasteiger partial charge in [0, 0.05) is 29.2 Å². The van der Waals surface area contributed by atoms with Crippen LogP contribution in [0, 0.1) is 18.3 Å². The topological polar surface area (TPSA) is 28.7 Å². The number of hydrogen-bond acceptors (Lipinski definition) is 1. The summed E-state index contributed by atoms with van der Waals surface area (Å²) in [5.74, 6) is 0. The number of aryl methyl sites for hydroxylation is 2. The minimum atomic E-state index is 0.703. The van der Waals surface area contributed by atoms with Crippen LogP contribution in [-0.2, 0) is 7.05 Å². The minimum absolute atomic E-state index is 0.703. The molecule has 3 rings (SSSR count). The summed E-state index contributed by atoms with van der Waals surface area (Å²) in [5, 5.41) is 10.1. The van der Waals surface area contributed by atoms with Crippen molar-refractivity contribution in [3.63, 3.8) is 0 Å². The predicted molar refractivity (Wildman–Crippen MR) is 77.8 cm³/mol. The highest BCUT2D eigenvalue weighted by Gasteiger charge is 2.09. The van der Waals surface area contributed by atoms with Crippen LogP contribution in [0.3, 0.4) is 0 Å². The van der Waals surface area contributed by atoms with Gasteiger partial charge in [-0.25, -0.2) is 0 Å². The molecule has 92 valence electrons. The van der Waals surface area contributed by atoms with Gasteiger partial charge in [-0.05, 0) is 36.8 Å².